The second kappa shape index (κ2) is 8.39. The van der Waals surface area contributed by atoms with Crippen LogP contribution in [-0.4, -0.2) is 34.3 Å². The van der Waals surface area contributed by atoms with Crippen molar-refractivity contribution >= 4 is 21.4 Å². The Hall–Kier alpha value is -1.60. The molecule has 1 fully saturated rings. The van der Waals surface area contributed by atoms with Gasteiger partial charge in [-0.25, -0.2) is 8.42 Å². The number of halogens is 1. The maximum absolute atomic E-state index is 11.5. The van der Waals surface area contributed by atoms with Gasteiger partial charge in [0.25, 0.3) is 0 Å². The van der Waals surface area contributed by atoms with Crippen LogP contribution in [0.25, 0.3) is 0 Å². The third-order valence-corrected chi connectivity index (χ3v) is 5.86. The van der Waals surface area contributed by atoms with Gasteiger partial charge in [-0.1, -0.05) is 29.8 Å². The van der Waals surface area contributed by atoms with Crippen molar-refractivity contribution in [3.05, 3.63) is 58.6 Å². The van der Waals surface area contributed by atoms with Gasteiger partial charge >= 0.3 is 0 Å². The Morgan fingerprint density at radius 1 is 1.19 bits per heavy atom. The molecule has 0 aromatic heterocycles. The number of ether oxygens (including phenoxy) is 1. The third kappa shape index (κ3) is 5.20. The molecule has 140 valence electrons. The van der Waals surface area contributed by atoms with Crippen LogP contribution in [0.5, 0.6) is 5.75 Å². The van der Waals surface area contributed by atoms with E-state index in [-0.39, 0.29) is 11.5 Å². The summed E-state index contributed by atoms with van der Waals surface area (Å²) in [5, 5.41) is 7.11. The van der Waals surface area contributed by atoms with Crippen LogP contribution in [0, 0.1) is 5.92 Å². The number of benzene rings is 2. The third-order valence-electron chi connectivity index (χ3n) is 4.40. The molecule has 2 aromatic carbocycles. The van der Waals surface area contributed by atoms with Gasteiger partial charge < -0.3 is 15.4 Å². The molecule has 26 heavy (non-hydrogen) atoms. The highest BCUT2D eigenvalue weighted by Gasteiger charge is 2.15. The summed E-state index contributed by atoms with van der Waals surface area (Å²) in [5.74, 6) is 1.50. The SMILES string of the molecule is CS(=O)(=O)c1ccc(COc2ccc(CNCC3CNC3)cc2)c(Cl)c1. The highest BCUT2D eigenvalue weighted by molar-refractivity contribution is 7.90. The Kier molecular flexibility index (Phi) is 6.19. The fourth-order valence-corrected chi connectivity index (χ4v) is 3.60. The average molecular weight is 395 g/mol. The molecule has 1 saturated heterocycles. The minimum atomic E-state index is -3.26. The van der Waals surface area contributed by atoms with E-state index in [1.54, 1.807) is 12.1 Å². The molecule has 5 nitrogen and oxygen atoms in total. The van der Waals surface area contributed by atoms with E-state index in [4.69, 9.17) is 16.3 Å². The van der Waals surface area contributed by atoms with Gasteiger partial charge in [0.2, 0.25) is 0 Å². The number of nitrogens with one attached hydrogen (secondary N) is 2. The first kappa shape index (κ1) is 19.2. The van der Waals surface area contributed by atoms with Crippen LogP contribution in [0.2, 0.25) is 5.02 Å². The highest BCUT2D eigenvalue weighted by atomic mass is 35.5. The molecule has 0 bridgehead atoms. The molecule has 0 atom stereocenters. The lowest BCUT2D eigenvalue weighted by atomic mass is 10.0. The molecule has 2 N–H and O–H groups in total. The van der Waals surface area contributed by atoms with E-state index in [2.05, 4.69) is 10.6 Å². The van der Waals surface area contributed by atoms with Crippen molar-refractivity contribution in [2.75, 3.05) is 25.9 Å². The molecule has 7 heteroatoms. The monoisotopic (exact) mass is 394 g/mol. The van der Waals surface area contributed by atoms with Gasteiger partial charge in [0, 0.05) is 43.0 Å². The maximum Gasteiger partial charge on any atom is 0.175 e. The lowest BCUT2D eigenvalue weighted by molar-refractivity contribution is 0.306. The van der Waals surface area contributed by atoms with Crippen LogP contribution >= 0.6 is 11.6 Å². The summed E-state index contributed by atoms with van der Waals surface area (Å²) in [5.41, 5.74) is 1.96. The lowest BCUT2D eigenvalue weighted by Gasteiger charge is -2.27. The van der Waals surface area contributed by atoms with Crippen molar-refractivity contribution in [1.29, 1.82) is 0 Å². The molecular formula is C19H23ClN2O3S. The predicted octanol–water partition coefficient (Wildman–Crippen LogP) is 2.63. The maximum atomic E-state index is 11.5. The zero-order chi connectivity index (χ0) is 18.6. The topological polar surface area (TPSA) is 67.4 Å². The van der Waals surface area contributed by atoms with Crippen molar-refractivity contribution in [2.24, 2.45) is 5.92 Å². The van der Waals surface area contributed by atoms with Gasteiger partial charge in [-0.15, -0.1) is 0 Å². The number of hydrogen-bond acceptors (Lipinski definition) is 5. The van der Waals surface area contributed by atoms with Gasteiger partial charge in [-0.05, 0) is 35.7 Å². The zero-order valence-corrected chi connectivity index (χ0v) is 16.2. The van der Waals surface area contributed by atoms with E-state index in [9.17, 15) is 8.42 Å². The molecule has 1 aliphatic heterocycles. The Bertz CT molecular complexity index is 850. The first-order chi connectivity index (χ1) is 12.4. The van der Waals surface area contributed by atoms with Crippen molar-refractivity contribution < 1.29 is 13.2 Å². The van der Waals surface area contributed by atoms with Crippen LogP contribution in [-0.2, 0) is 23.0 Å². The number of hydrogen-bond donors (Lipinski definition) is 2. The molecular weight excluding hydrogens is 372 g/mol. The Morgan fingerprint density at radius 2 is 1.92 bits per heavy atom. The van der Waals surface area contributed by atoms with Crippen molar-refractivity contribution in [2.45, 2.75) is 18.0 Å². The molecule has 0 saturated carbocycles. The van der Waals surface area contributed by atoms with Crippen LogP contribution in [0.4, 0.5) is 0 Å². The van der Waals surface area contributed by atoms with Crippen LogP contribution in [0.3, 0.4) is 0 Å². The normalized spacial score (nSPS) is 14.8. The quantitative estimate of drug-likeness (QED) is 0.720. The Labute approximate surface area is 159 Å². The van der Waals surface area contributed by atoms with Gasteiger partial charge in [-0.2, -0.15) is 0 Å². The number of rotatable bonds is 8. The van der Waals surface area contributed by atoms with E-state index in [0.717, 1.165) is 49.7 Å². The lowest BCUT2D eigenvalue weighted by Crippen LogP contribution is -2.47. The Balaban J connectivity index is 1.51. The van der Waals surface area contributed by atoms with Crippen molar-refractivity contribution in [3.8, 4) is 5.75 Å². The first-order valence-corrected chi connectivity index (χ1v) is 10.8. The standard InChI is InChI=1S/C19H23ClN2O3S/c1-26(23,24)18-7-4-16(19(20)8-18)13-25-17-5-2-14(3-6-17)9-21-10-15-11-22-12-15/h2-8,15,21-22H,9-13H2,1H3. The smallest absolute Gasteiger partial charge is 0.175 e. The average Bonchev–Trinajstić information content (AvgIpc) is 2.56. The Morgan fingerprint density at radius 3 is 2.50 bits per heavy atom. The second-order valence-electron chi connectivity index (χ2n) is 6.61. The predicted molar refractivity (Wildman–Crippen MR) is 103 cm³/mol. The van der Waals surface area contributed by atoms with Crippen LogP contribution in [0.15, 0.2) is 47.4 Å². The molecule has 0 amide bonds. The summed E-state index contributed by atoms with van der Waals surface area (Å²) in [6, 6.07) is 12.6. The van der Waals surface area contributed by atoms with Gasteiger partial charge in [0.15, 0.2) is 9.84 Å². The van der Waals surface area contributed by atoms with E-state index in [1.807, 2.05) is 24.3 Å². The van der Waals surface area contributed by atoms with Gasteiger partial charge in [0.05, 0.1) is 4.90 Å². The fourth-order valence-electron chi connectivity index (χ4n) is 2.65. The molecule has 0 unspecified atom stereocenters. The molecule has 2 aromatic rings. The summed E-state index contributed by atoms with van der Waals surface area (Å²) in [7, 11) is -3.26. The fraction of sp³-hybridized carbons (Fsp3) is 0.368. The van der Waals surface area contributed by atoms with Crippen molar-refractivity contribution in [1.82, 2.24) is 10.6 Å². The van der Waals surface area contributed by atoms with Gasteiger partial charge in [-0.3, -0.25) is 0 Å². The molecule has 1 aliphatic rings. The minimum Gasteiger partial charge on any atom is -0.489 e. The molecule has 1 heterocycles. The van der Waals surface area contributed by atoms with Crippen LogP contribution in [0.1, 0.15) is 11.1 Å². The molecule has 0 radical (unpaired) electrons. The summed E-state index contributed by atoms with van der Waals surface area (Å²) < 4.78 is 28.8. The highest BCUT2D eigenvalue weighted by Crippen LogP contribution is 2.23. The number of sulfone groups is 1. The first-order valence-electron chi connectivity index (χ1n) is 8.53. The van der Waals surface area contributed by atoms with E-state index >= 15 is 0 Å². The molecule has 0 aliphatic carbocycles. The van der Waals surface area contributed by atoms with Crippen LogP contribution < -0.4 is 15.4 Å². The zero-order valence-electron chi connectivity index (χ0n) is 14.7. The summed E-state index contributed by atoms with van der Waals surface area (Å²) in [6.45, 7) is 4.37. The largest absolute Gasteiger partial charge is 0.489 e. The minimum absolute atomic E-state index is 0.209. The van der Waals surface area contributed by atoms with Crippen molar-refractivity contribution in [3.63, 3.8) is 0 Å². The summed E-state index contributed by atoms with van der Waals surface area (Å²) >= 11 is 6.17. The summed E-state index contributed by atoms with van der Waals surface area (Å²) in [6.07, 6.45) is 1.16. The van der Waals surface area contributed by atoms with Gasteiger partial charge in [0.1, 0.15) is 12.4 Å². The summed E-state index contributed by atoms with van der Waals surface area (Å²) in [4.78, 5) is 0.209. The van der Waals surface area contributed by atoms with E-state index in [1.165, 1.54) is 11.6 Å². The molecule has 3 rings (SSSR count). The molecule has 0 spiro atoms. The van der Waals surface area contributed by atoms with E-state index < -0.39 is 9.84 Å². The van der Waals surface area contributed by atoms with E-state index in [0.29, 0.717) is 5.02 Å². The second-order valence-corrected chi connectivity index (χ2v) is 9.04.